The Morgan fingerprint density at radius 2 is 1.86 bits per heavy atom. The van der Waals surface area contributed by atoms with Crippen LogP contribution in [0.4, 0.5) is 16.2 Å². The molecule has 1 N–H and O–H groups in total. The Morgan fingerprint density at radius 1 is 1.14 bits per heavy atom. The van der Waals surface area contributed by atoms with E-state index in [1.807, 2.05) is 43.0 Å². The number of thiazole rings is 1. The summed E-state index contributed by atoms with van der Waals surface area (Å²) in [6.07, 6.45) is 0. The molecule has 2 aromatic carbocycles. The number of piperazine rings is 1. The molecule has 10 heteroatoms. The van der Waals surface area contributed by atoms with Crippen LogP contribution in [0.5, 0.6) is 5.75 Å². The van der Waals surface area contributed by atoms with Gasteiger partial charge in [-0.25, -0.2) is 9.78 Å². The zero-order chi connectivity index (χ0) is 25.7. The molecule has 36 heavy (non-hydrogen) atoms. The lowest BCUT2D eigenvalue weighted by atomic mass is 10.2. The van der Waals surface area contributed by atoms with Crippen molar-refractivity contribution in [2.24, 2.45) is 0 Å². The second-order valence-electron chi connectivity index (χ2n) is 8.77. The topological polar surface area (TPSA) is 78.0 Å². The van der Waals surface area contributed by atoms with E-state index in [4.69, 9.17) is 16.3 Å². The maximum absolute atomic E-state index is 13.1. The van der Waals surface area contributed by atoms with Crippen molar-refractivity contribution in [2.45, 2.75) is 26.4 Å². The van der Waals surface area contributed by atoms with Gasteiger partial charge >= 0.3 is 6.03 Å². The average Bonchev–Trinajstić information content (AvgIpc) is 3.36. The van der Waals surface area contributed by atoms with Crippen molar-refractivity contribution < 1.29 is 14.3 Å². The van der Waals surface area contributed by atoms with Crippen molar-refractivity contribution in [3.05, 3.63) is 69.6 Å². The zero-order valence-electron chi connectivity index (χ0n) is 20.6. The summed E-state index contributed by atoms with van der Waals surface area (Å²) >= 11 is 7.51. The Balaban J connectivity index is 1.35. The minimum Gasteiger partial charge on any atom is -0.497 e. The molecule has 2 heterocycles. The van der Waals surface area contributed by atoms with Crippen LogP contribution in [-0.2, 0) is 6.54 Å². The van der Waals surface area contributed by atoms with E-state index < -0.39 is 0 Å². The van der Waals surface area contributed by atoms with Gasteiger partial charge in [0, 0.05) is 54.0 Å². The number of carbonyl (C=O) groups is 2. The van der Waals surface area contributed by atoms with Gasteiger partial charge in [0.15, 0.2) is 0 Å². The van der Waals surface area contributed by atoms with Crippen LogP contribution >= 0.6 is 22.9 Å². The predicted octanol–water partition coefficient (Wildman–Crippen LogP) is 5.21. The van der Waals surface area contributed by atoms with Crippen LogP contribution < -0.4 is 15.0 Å². The average molecular weight is 528 g/mol. The number of methoxy groups -OCH3 is 1. The third kappa shape index (κ3) is 6.27. The van der Waals surface area contributed by atoms with E-state index in [1.54, 1.807) is 41.7 Å². The fourth-order valence-corrected chi connectivity index (χ4v) is 4.94. The third-order valence-corrected chi connectivity index (χ3v) is 7.11. The van der Waals surface area contributed by atoms with Crippen LogP contribution in [0.15, 0.2) is 53.9 Å². The van der Waals surface area contributed by atoms with E-state index in [-0.39, 0.29) is 18.0 Å². The fourth-order valence-electron chi connectivity index (χ4n) is 3.99. The molecule has 1 saturated heterocycles. The lowest BCUT2D eigenvalue weighted by Gasteiger charge is -2.35. The highest BCUT2D eigenvalue weighted by Crippen LogP contribution is 2.22. The zero-order valence-corrected chi connectivity index (χ0v) is 22.2. The lowest BCUT2D eigenvalue weighted by Crippen LogP contribution is -2.48. The number of carbonyl (C=O) groups excluding carboxylic acids is 2. The molecule has 3 aromatic rings. The first-order valence-corrected chi connectivity index (χ1v) is 13.1. The molecule has 3 amide bonds. The first-order chi connectivity index (χ1) is 17.3. The van der Waals surface area contributed by atoms with Gasteiger partial charge in [0.05, 0.1) is 13.7 Å². The lowest BCUT2D eigenvalue weighted by molar-refractivity contribution is 0.0741. The van der Waals surface area contributed by atoms with E-state index in [1.165, 1.54) is 11.3 Å². The molecule has 190 valence electrons. The molecule has 0 unspecified atom stereocenters. The van der Waals surface area contributed by atoms with Gasteiger partial charge in [-0.05, 0) is 56.3 Å². The number of nitrogens with zero attached hydrogens (tertiary/aromatic N) is 4. The van der Waals surface area contributed by atoms with Gasteiger partial charge in [-0.1, -0.05) is 17.7 Å². The standard InChI is InChI=1S/C26H30ClN5O3S/c1-18(2)32(26(34)28-20-7-9-22(35-3)10-8-20)16-24-29-23(17-36-24)25(33)31-13-11-30(12-14-31)21-6-4-5-19(27)15-21/h4-10,15,17-18H,11-14,16H2,1-3H3,(H,28,34). The summed E-state index contributed by atoms with van der Waals surface area (Å²) < 4.78 is 5.17. The van der Waals surface area contributed by atoms with E-state index in [0.717, 1.165) is 29.5 Å². The van der Waals surface area contributed by atoms with Gasteiger partial charge in [0.1, 0.15) is 16.5 Å². The number of amides is 3. The predicted molar refractivity (Wildman–Crippen MR) is 144 cm³/mol. The molecule has 4 rings (SSSR count). The molecule has 0 radical (unpaired) electrons. The quantitative estimate of drug-likeness (QED) is 0.456. The Labute approximate surface area is 220 Å². The van der Waals surface area contributed by atoms with Gasteiger partial charge in [0.2, 0.25) is 0 Å². The highest BCUT2D eigenvalue weighted by molar-refractivity contribution is 7.09. The smallest absolute Gasteiger partial charge is 0.322 e. The molecule has 8 nitrogen and oxygen atoms in total. The number of ether oxygens (including phenoxy) is 1. The SMILES string of the molecule is COc1ccc(NC(=O)N(Cc2nc(C(=O)N3CCN(c4cccc(Cl)c4)CC3)cs2)C(C)C)cc1. The van der Waals surface area contributed by atoms with Gasteiger partial charge in [-0.3, -0.25) is 4.79 Å². The highest BCUT2D eigenvalue weighted by atomic mass is 35.5. The molecular weight excluding hydrogens is 498 g/mol. The van der Waals surface area contributed by atoms with Crippen LogP contribution in [0.2, 0.25) is 5.02 Å². The molecule has 0 atom stereocenters. The van der Waals surface area contributed by atoms with Crippen molar-refractivity contribution in [3.8, 4) is 5.75 Å². The van der Waals surface area contributed by atoms with Gasteiger partial charge < -0.3 is 24.8 Å². The second kappa shape index (κ2) is 11.6. The van der Waals surface area contributed by atoms with Crippen LogP contribution in [0, 0.1) is 0 Å². The number of aromatic nitrogens is 1. The van der Waals surface area contributed by atoms with E-state index in [2.05, 4.69) is 15.2 Å². The van der Waals surface area contributed by atoms with Gasteiger partial charge in [-0.2, -0.15) is 0 Å². The van der Waals surface area contributed by atoms with Crippen molar-refractivity contribution >= 4 is 46.3 Å². The summed E-state index contributed by atoms with van der Waals surface area (Å²) in [5.41, 5.74) is 2.16. The molecule has 0 saturated carbocycles. The highest BCUT2D eigenvalue weighted by Gasteiger charge is 2.25. The summed E-state index contributed by atoms with van der Waals surface area (Å²) in [5, 5.41) is 6.12. The Morgan fingerprint density at radius 3 is 2.50 bits per heavy atom. The molecule has 1 aromatic heterocycles. The second-order valence-corrected chi connectivity index (χ2v) is 10.1. The van der Waals surface area contributed by atoms with E-state index in [0.29, 0.717) is 36.0 Å². The number of benzene rings is 2. The number of halogens is 1. The molecule has 0 aliphatic carbocycles. The van der Waals surface area contributed by atoms with Crippen LogP contribution in [-0.4, -0.2) is 66.1 Å². The first-order valence-electron chi connectivity index (χ1n) is 11.8. The Hall–Kier alpha value is -3.30. The summed E-state index contributed by atoms with van der Waals surface area (Å²) in [6.45, 7) is 6.91. The Kier molecular flexibility index (Phi) is 8.32. The van der Waals surface area contributed by atoms with E-state index in [9.17, 15) is 9.59 Å². The Bertz CT molecular complexity index is 1190. The number of urea groups is 1. The van der Waals surface area contributed by atoms with Crippen molar-refractivity contribution in [1.29, 1.82) is 0 Å². The van der Waals surface area contributed by atoms with Crippen LogP contribution in [0.3, 0.4) is 0 Å². The van der Waals surface area contributed by atoms with Gasteiger partial charge in [-0.15, -0.1) is 11.3 Å². The minimum absolute atomic E-state index is 0.0501. The fraction of sp³-hybridized carbons (Fsp3) is 0.346. The molecule has 1 fully saturated rings. The maximum Gasteiger partial charge on any atom is 0.322 e. The molecule has 0 bridgehead atoms. The van der Waals surface area contributed by atoms with Gasteiger partial charge in [0.25, 0.3) is 5.91 Å². The summed E-state index contributed by atoms with van der Waals surface area (Å²) in [4.78, 5) is 36.3. The largest absolute Gasteiger partial charge is 0.497 e. The first kappa shape index (κ1) is 25.8. The minimum atomic E-state index is -0.226. The molecule has 1 aliphatic rings. The molecule has 1 aliphatic heterocycles. The molecular formula is C26H30ClN5O3S. The summed E-state index contributed by atoms with van der Waals surface area (Å²) in [5.74, 6) is 0.640. The van der Waals surface area contributed by atoms with Crippen molar-refractivity contribution in [3.63, 3.8) is 0 Å². The molecule has 0 spiro atoms. The van der Waals surface area contributed by atoms with Crippen LogP contribution in [0.25, 0.3) is 0 Å². The monoisotopic (exact) mass is 527 g/mol. The number of anilines is 2. The number of hydrogen-bond donors (Lipinski definition) is 1. The van der Waals surface area contributed by atoms with Crippen molar-refractivity contribution in [2.75, 3.05) is 43.5 Å². The number of nitrogens with one attached hydrogen (secondary N) is 1. The third-order valence-electron chi connectivity index (χ3n) is 6.04. The number of rotatable bonds is 7. The van der Waals surface area contributed by atoms with Crippen LogP contribution in [0.1, 0.15) is 29.3 Å². The summed E-state index contributed by atoms with van der Waals surface area (Å²) in [7, 11) is 1.60. The normalized spacial score (nSPS) is 13.6. The number of hydrogen-bond acceptors (Lipinski definition) is 6. The summed E-state index contributed by atoms with van der Waals surface area (Å²) in [6, 6.07) is 14.7. The maximum atomic E-state index is 13.1. The van der Waals surface area contributed by atoms with Crippen molar-refractivity contribution in [1.82, 2.24) is 14.8 Å². The van der Waals surface area contributed by atoms with E-state index >= 15 is 0 Å².